The predicted octanol–water partition coefficient (Wildman–Crippen LogP) is 1.36. The molecule has 0 saturated carbocycles. The molecule has 0 saturated heterocycles. The van der Waals surface area contributed by atoms with E-state index in [1.807, 2.05) is 0 Å². The summed E-state index contributed by atoms with van der Waals surface area (Å²) >= 11 is 0. The fourth-order valence-electron chi connectivity index (χ4n) is 3.93. The first-order valence-electron chi connectivity index (χ1n) is 9.29. The third-order valence-electron chi connectivity index (χ3n) is 5.03. The quantitative estimate of drug-likeness (QED) is 0.744. The molecule has 0 radical (unpaired) electrons. The van der Waals surface area contributed by atoms with Gasteiger partial charge < -0.3 is 15.1 Å². The van der Waals surface area contributed by atoms with E-state index in [0.29, 0.717) is 6.04 Å². The zero-order valence-electron chi connectivity index (χ0n) is 15.0. The van der Waals surface area contributed by atoms with Crippen LogP contribution in [0.1, 0.15) is 57.7 Å². The van der Waals surface area contributed by atoms with E-state index in [2.05, 4.69) is 56.1 Å². The van der Waals surface area contributed by atoms with Crippen LogP contribution >= 0.6 is 0 Å². The third kappa shape index (κ3) is 3.82. The normalized spacial score (nSPS) is 17.6. The Morgan fingerprint density at radius 3 is 2.36 bits per heavy atom. The highest BCUT2D eigenvalue weighted by atomic mass is 15.2. The summed E-state index contributed by atoms with van der Waals surface area (Å²) in [5, 5.41) is 2.50. The maximum atomic E-state index is 2.50. The summed E-state index contributed by atoms with van der Waals surface area (Å²) in [5.74, 6) is 0. The molecule has 3 N–H and O–H groups in total. The molecule has 0 unspecified atom stereocenters. The first-order chi connectivity index (χ1) is 10.7. The Bertz CT molecular complexity index is 448. The number of nitrogens with one attached hydrogen (secondary N) is 1. The van der Waals surface area contributed by atoms with Gasteiger partial charge in [-0.15, -0.1) is 0 Å². The summed E-state index contributed by atoms with van der Waals surface area (Å²) in [4.78, 5) is 4.23. The van der Waals surface area contributed by atoms with Crippen LogP contribution in [0.15, 0.2) is 18.2 Å². The minimum Gasteiger partial charge on any atom is -0.372 e. The summed E-state index contributed by atoms with van der Waals surface area (Å²) in [7, 11) is 0. The molecule has 1 atom stereocenters. The molecular weight excluding hydrogens is 270 g/mol. The van der Waals surface area contributed by atoms with Crippen molar-refractivity contribution in [3.8, 4) is 0 Å². The van der Waals surface area contributed by atoms with Crippen molar-refractivity contribution >= 4 is 5.69 Å². The monoisotopic (exact) mass is 305 g/mol. The molecule has 0 aliphatic carbocycles. The number of rotatable bonds is 8. The fraction of sp³-hybridized carbons (Fsp3) is 0.684. The number of quaternary nitrogens is 2. The Morgan fingerprint density at radius 1 is 1.09 bits per heavy atom. The molecule has 1 heterocycles. The van der Waals surface area contributed by atoms with E-state index in [0.717, 1.165) is 19.6 Å². The topological polar surface area (TPSA) is 24.3 Å². The third-order valence-corrected chi connectivity index (χ3v) is 5.03. The second-order valence-corrected chi connectivity index (χ2v) is 6.49. The maximum Gasteiger partial charge on any atom is 0.163 e. The van der Waals surface area contributed by atoms with Crippen molar-refractivity contribution in [2.75, 3.05) is 37.6 Å². The lowest BCUT2D eigenvalue weighted by molar-refractivity contribution is -0.948. The van der Waals surface area contributed by atoms with Gasteiger partial charge in [0.1, 0.15) is 13.1 Å². The van der Waals surface area contributed by atoms with Gasteiger partial charge in [0.25, 0.3) is 0 Å². The molecule has 124 valence electrons. The summed E-state index contributed by atoms with van der Waals surface area (Å²) < 4.78 is 0. The number of nitrogens with zero attached hydrogens (tertiary/aromatic N) is 1. The number of hydrogen-bond acceptors (Lipinski definition) is 1. The van der Waals surface area contributed by atoms with Crippen LogP contribution < -0.4 is 15.1 Å². The molecule has 1 aromatic rings. The van der Waals surface area contributed by atoms with Crippen molar-refractivity contribution in [2.45, 2.75) is 53.1 Å². The molecule has 0 fully saturated rings. The van der Waals surface area contributed by atoms with Crippen LogP contribution in [0.3, 0.4) is 0 Å². The van der Waals surface area contributed by atoms with Crippen LogP contribution in [0.5, 0.6) is 0 Å². The Labute approximate surface area is 136 Å². The molecule has 1 aliphatic heterocycles. The van der Waals surface area contributed by atoms with E-state index in [-0.39, 0.29) is 0 Å². The van der Waals surface area contributed by atoms with Gasteiger partial charge in [-0.05, 0) is 38.8 Å². The van der Waals surface area contributed by atoms with Crippen molar-refractivity contribution in [1.29, 1.82) is 0 Å². The van der Waals surface area contributed by atoms with Gasteiger partial charge in [0.15, 0.2) is 6.04 Å². The highest BCUT2D eigenvalue weighted by Crippen LogP contribution is 2.24. The van der Waals surface area contributed by atoms with Crippen LogP contribution in [-0.2, 0) is 6.54 Å². The van der Waals surface area contributed by atoms with Gasteiger partial charge >= 0.3 is 0 Å². The minimum absolute atomic E-state index is 0.675. The first-order valence-corrected chi connectivity index (χ1v) is 9.29. The summed E-state index contributed by atoms with van der Waals surface area (Å²) in [6, 6.07) is 7.89. The van der Waals surface area contributed by atoms with E-state index in [1.54, 1.807) is 16.0 Å². The smallest absolute Gasteiger partial charge is 0.163 e. The van der Waals surface area contributed by atoms with Crippen molar-refractivity contribution in [2.24, 2.45) is 0 Å². The van der Waals surface area contributed by atoms with E-state index in [4.69, 9.17) is 0 Å². The summed E-state index contributed by atoms with van der Waals surface area (Å²) in [5.41, 5.74) is 4.56. The Balaban J connectivity index is 2.26. The first kappa shape index (κ1) is 17.3. The number of benzene rings is 1. The van der Waals surface area contributed by atoms with Crippen molar-refractivity contribution < 1.29 is 10.2 Å². The lowest BCUT2D eigenvalue weighted by Gasteiger charge is -2.32. The van der Waals surface area contributed by atoms with Crippen molar-refractivity contribution in [1.82, 2.24) is 0 Å². The van der Waals surface area contributed by atoms with Gasteiger partial charge in [-0.3, -0.25) is 0 Å². The van der Waals surface area contributed by atoms with E-state index < -0.39 is 0 Å². The average molecular weight is 306 g/mol. The second kappa shape index (κ2) is 8.54. The molecule has 0 aromatic heterocycles. The standard InChI is InChI=1S/C19H33N3/c1-5-11-22(12-6-2)19-15-20-14-16-13-17(9-10-18(16)19)21(7-3)8-4/h9-10,13,19-20H,5-8,11-12,14-15H2,1-4H3/p+2/t19-/m1/s1. The fourth-order valence-corrected chi connectivity index (χ4v) is 3.93. The zero-order chi connectivity index (χ0) is 15.9. The Kier molecular flexibility index (Phi) is 6.71. The number of hydrogen-bond donors (Lipinski definition) is 2. The lowest BCUT2D eigenvalue weighted by Crippen LogP contribution is -3.15. The van der Waals surface area contributed by atoms with E-state index in [9.17, 15) is 0 Å². The number of anilines is 1. The van der Waals surface area contributed by atoms with E-state index >= 15 is 0 Å². The van der Waals surface area contributed by atoms with Crippen LogP contribution in [0.2, 0.25) is 0 Å². The molecule has 0 bridgehead atoms. The zero-order valence-corrected chi connectivity index (χ0v) is 15.0. The van der Waals surface area contributed by atoms with Gasteiger partial charge in [0, 0.05) is 29.9 Å². The molecule has 0 spiro atoms. The summed E-state index contributed by atoms with van der Waals surface area (Å²) in [6.07, 6.45) is 2.55. The molecule has 1 aromatic carbocycles. The average Bonchev–Trinajstić information content (AvgIpc) is 2.55. The molecule has 2 rings (SSSR count). The minimum atomic E-state index is 0.675. The van der Waals surface area contributed by atoms with Crippen LogP contribution in [0.4, 0.5) is 5.69 Å². The molecule has 3 nitrogen and oxygen atoms in total. The van der Waals surface area contributed by atoms with Crippen LogP contribution in [0, 0.1) is 0 Å². The van der Waals surface area contributed by atoms with Crippen molar-refractivity contribution in [3.63, 3.8) is 0 Å². The van der Waals surface area contributed by atoms with Gasteiger partial charge in [-0.25, -0.2) is 0 Å². The second-order valence-electron chi connectivity index (χ2n) is 6.49. The van der Waals surface area contributed by atoms with Gasteiger partial charge in [-0.2, -0.15) is 0 Å². The Morgan fingerprint density at radius 2 is 1.77 bits per heavy atom. The maximum absolute atomic E-state index is 2.50. The molecule has 0 amide bonds. The van der Waals surface area contributed by atoms with E-state index in [1.165, 1.54) is 38.2 Å². The molecule has 22 heavy (non-hydrogen) atoms. The Hall–Kier alpha value is -1.06. The molecular formula is C19H35N3+2. The summed E-state index contributed by atoms with van der Waals surface area (Å²) in [6.45, 7) is 16.3. The van der Waals surface area contributed by atoms with Gasteiger partial charge in [-0.1, -0.05) is 19.9 Å². The van der Waals surface area contributed by atoms with Crippen LogP contribution in [0.25, 0.3) is 0 Å². The SMILES string of the molecule is CCC[NH+](CCC)[C@@H]1C[NH2+]Cc2cc(N(CC)CC)ccc21. The highest BCUT2D eigenvalue weighted by Gasteiger charge is 2.31. The lowest BCUT2D eigenvalue weighted by atomic mass is 9.94. The molecule has 3 heteroatoms. The number of fused-ring (bicyclic) bond motifs is 1. The predicted molar refractivity (Wildman–Crippen MR) is 94.5 cm³/mol. The molecule has 1 aliphatic rings. The number of nitrogens with two attached hydrogens (primary N) is 1. The van der Waals surface area contributed by atoms with Gasteiger partial charge in [0.2, 0.25) is 0 Å². The van der Waals surface area contributed by atoms with Gasteiger partial charge in [0.05, 0.1) is 13.1 Å². The largest absolute Gasteiger partial charge is 0.372 e. The van der Waals surface area contributed by atoms with Crippen LogP contribution in [-0.4, -0.2) is 32.7 Å². The van der Waals surface area contributed by atoms with Crippen molar-refractivity contribution in [3.05, 3.63) is 29.3 Å². The highest BCUT2D eigenvalue weighted by molar-refractivity contribution is 5.51.